The average Bonchev–Trinajstić information content (AvgIpc) is 3.65. The number of fused-ring (bicyclic) bond motifs is 5. The van der Waals surface area contributed by atoms with E-state index in [0.29, 0.717) is 0 Å². The summed E-state index contributed by atoms with van der Waals surface area (Å²) < 4.78 is 7.02. The van der Waals surface area contributed by atoms with Crippen molar-refractivity contribution >= 4 is 66.8 Å². The third-order valence-electron chi connectivity index (χ3n) is 10.4. The number of para-hydroxylation sites is 3. The van der Waals surface area contributed by atoms with Crippen LogP contribution in [0.5, 0.6) is 0 Å². The maximum Gasteiger partial charge on any atom is 0.159 e. The summed E-state index contributed by atoms with van der Waals surface area (Å²) in [5, 5.41) is 4.49. The molecule has 0 unspecified atom stereocenters. The van der Waals surface area contributed by atoms with Crippen molar-refractivity contribution < 1.29 is 4.42 Å². The predicted molar refractivity (Wildman–Crippen MR) is 231 cm³/mol. The van der Waals surface area contributed by atoms with E-state index in [1.807, 2.05) is 0 Å². The van der Waals surface area contributed by atoms with Crippen LogP contribution in [-0.4, -0.2) is 0 Å². The van der Waals surface area contributed by atoms with Crippen molar-refractivity contribution in [1.29, 1.82) is 0 Å². The zero-order chi connectivity index (χ0) is 36.6. The third kappa shape index (κ3) is 5.89. The quantitative estimate of drug-likeness (QED) is 0.157. The largest absolute Gasteiger partial charge is 0.454 e. The lowest BCUT2D eigenvalue weighted by Gasteiger charge is -2.31. The van der Waals surface area contributed by atoms with E-state index in [1.54, 1.807) is 0 Å². The lowest BCUT2D eigenvalue weighted by Crippen LogP contribution is -2.14. The summed E-state index contributed by atoms with van der Waals surface area (Å²) in [6, 6.07) is 77.5. The zero-order valence-electron chi connectivity index (χ0n) is 30.1. The Labute approximate surface area is 320 Å². The van der Waals surface area contributed by atoms with Crippen LogP contribution < -0.4 is 9.80 Å². The Morgan fingerprint density at radius 1 is 0.327 bits per heavy atom. The molecule has 0 atom stereocenters. The van der Waals surface area contributed by atoms with Gasteiger partial charge in [0.25, 0.3) is 0 Å². The molecule has 0 aliphatic carbocycles. The third-order valence-corrected chi connectivity index (χ3v) is 10.4. The van der Waals surface area contributed by atoms with Gasteiger partial charge in [-0.3, -0.25) is 0 Å². The molecule has 0 aliphatic heterocycles. The number of anilines is 6. The molecule has 10 aromatic rings. The fraction of sp³-hybridized carbons (Fsp3) is 0. The number of nitrogens with zero attached hydrogens (tertiary/aromatic N) is 2. The Balaban J connectivity index is 1.31. The topological polar surface area (TPSA) is 19.6 Å². The van der Waals surface area contributed by atoms with E-state index in [4.69, 9.17) is 4.42 Å². The van der Waals surface area contributed by atoms with E-state index in [9.17, 15) is 0 Å². The van der Waals surface area contributed by atoms with Gasteiger partial charge in [0.15, 0.2) is 5.58 Å². The van der Waals surface area contributed by atoms with Gasteiger partial charge in [0.05, 0.1) is 11.4 Å². The second kappa shape index (κ2) is 13.9. The Morgan fingerprint density at radius 2 is 0.909 bits per heavy atom. The molecule has 1 heterocycles. The Hall–Kier alpha value is -7.36. The smallest absolute Gasteiger partial charge is 0.159 e. The standard InChI is InChI=1S/C52H36N2O/c1-5-18-37(19-6-1)40-23-17-28-43(34-40)53(41-24-9-3-10-25-41)44-35-47-51-46-30-14-13-22-39(46)32-33-50(51)55-52(47)49(36-44)54(42-26-11-4-12-27-42)48-31-16-15-29-45(48)38-20-7-2-8-21-38/h1-36H. The van der Waals surface area contributed by atoms with Gasteiger partial charge < -0.3 is 14.2 Å². The first-order chi connectivity index (χ1) is 27.3. The van der Waals surface area contributed by atoms with Crippen LogP contribution in [0.15, 0.2) is 223 Å². The molecule has 0 saturated heterocycles. The van der Waals surface area contributed by atoms with Gasteiger partial charge in [-0.15, -0.1) is 0 Å². The molecule has 10 rings (SSSR count). The SMILES string of the molecule is c1ccc(-c2cccc(N(c3ccccc3)c3cc(N(c4ccccc4)c4ccccc4-c4ccccc4)c4oc5ccc6ccccc6c5c4c3)c2)cc1. The summed E-state index contributed by atoms with van der Waals surface area (Å²) in [6.45, 7) is 0. The highest BCUT2D eigenvalue weighted by Gasteiger charge is 2.26. The van der Waals surface area contributed by atoms with Crippen molar-refractivity contribution in [1.82, 2.24) is 0 Å². The van der Waals surface area contributed by atoms with Gasteiger partial charge in [0.2, 0.25) is 0 Å². The minimum absolute atomic E-state index is 0.827. The molecule has 0 aliphatic rings. The number of furan rings is 1. The van der Waals surface area contributed by atoms with Crippen LogP contribution in [-0.2, 0) is 0 Å². The highest BCUT2D eigenvalue weighted by Crippen LogP contribution is 2.49. The maximum atomic E-state index is 7.02. The minimum Gasteiger partial charge on any atom is -0.454 e. The van der Waals surface area contributed by atoms with Crippen LogP contribution in [0, 0.1) is 0 Å². The minimum atomic E-state index is 0.827. The Kier molecular flexibility index (Phi) is 8.16. The van der Waals surface area contributed by atoms with Crippen LogP contribution in [0.1, 0.15) is 0 Å². The summed E-state index contributed by atoms with van der Waals surface area (Å²) in [4.78, 5) is 4.73. The number of hydrogen-bond acceptors (Lipinski definition) is 3. The molecule has 55 heavy (non-hydrogen) atoms. The molecular weight excluding hydrogens is 669 g/mol. The van der Waals surface area contributed by atoms with Crippen molar-refractivity contribution in [2.24, 2.45) is 0 Å². The normalized spacial score (nSPS) is 11.3. The lowest BCUT2D eigenvalue weighted by atomic mass is 10.00. The van der Waals surface area contributed by atoms with Gasteiger partial charge in [0.1, 0.15) is 5.58 Å². The highest BCUT2D eigenvalue weighted by molar-refractivity contribution is 6.22. The van der Waals surface area contributed by atoms with Crippen LogP contribution in [0.4, 0.5) is 34.1 Å². The summed E-state index contributed by atoms with van der Waals surface area (Å²) in [5.41, 5.74) is 12.5. The van der Waals surface area contributed by atoms with Crippen molar-refractivity contribution in [3.63, 3.8) is 0 Å². The number of rotatable bonds is 8. The van der Waals surface area contributed by atoms with E-state index in [2.05, 4.69) is 228 Å². The van der Waals surface area contributed by atoms with Crippen LogP contribution in [0.25, 0.3) is 55.0 Å². The molecule has 0 radical (unpaired) electrons. The predicted octanol–water partition coefficient (Wildman–Crippen LogP) is 15.0. The van der Waals surface area contributed by atoms with E-state index in [-0.39, 0.29) is 0 Å². The van der Waals surface area contributed by atoms with Crippen LogP contribution in [0.2, 0.25) is 0 Å². The van der Waals surface area contributed by atoms with Gasteiger partial charge in [-0.05, 0) is 88.1 Å². The second-order valence-corrected chi connectivity index (χ2v) is 13.7. The summed E-state index contributed by atoms with van der Waals surface area (Å²) in [6.07, 6.45) is 0. The first-order valence-corrected chi connectivity index (χ1v) is 18.7. The van der Waals surface area contributed by atoms with Gasteiger partial charge in [0, 0.05) is 39.1 Å². The zero-order valence-corrected chi connectivity index (χ0v) is 30.1. The van der Waals surface area contributed by atoms with E-state index >= 15 is 0 Å². The molecule has 0 saturated carbocycles. The number of hydrogen-bond donors (Lipinski definition) is 0. The summed E-state index contributed by atoms with van der Waals surface area (Å²) in [5.74, 6) is 0. The lowest BCUT2D eigenvalue weighted by molar-refractivity contribution is 0.669. The van der Waals surface area contributed by atoms with Crippen molar-refractivity contribution in [3.8, 4) is 22.3 Å². The van der Waals surface area contributed by atoms with Crippen molar-refractivity contribution in [2.45, 2.75) is 0 Å². The molecule has 1 aromatic heterocycles. The molecule has 0 amide bonds. The molecule has 0 N–H and O–H groups in total. The molecule has 0 bridgehead atoms. The highest BCUT2D eigenvalue weighted by atomic mass is 16.3. The van der Waals surface area contributed by atoms with Gasteiger partial charge in [-0.1, -0.05) is 158 Å². The number of benzene rings is 9. The molecular formula is C52H36N2O. The molecule has 3 nitrogen and oxygen atoms in total. The second-order valence-electron chi connectivity index (χ2n) is 13.7. The molecule has 3 heteroatoms. The maximum absolute atomic E-state index is 7.02. The van der Waals surface area contributed by atoms with Crippen molar-refractivity contribution in [2.75, 3.05) is 9.80 Å². The monoisotopic (exact) mass is 704 g/mol. The molecule has 0 spiro atoms. The van der Waals surface area contributed by atoms with Crippen LogP contribution >= 0.6 is 0 Å². The van der Waals surface area contributed by atoms with Gasteiger partial charge >= 0.3 is 0 Å². The molecule has 0 fully saturated rings. The summed E-state index contributed by atoms with van der Waals surface area (Å²) >= 11 is 0. The van der Waals surface area contributed by atoms with E-state index < -0.39 is 0 Å². The van der Waals surface area contributed by atoms with Gasteiger partial charge in [-0.2, -0.15) is 0 Å². The van der Waals surface area contributed by atoms with Crippen molar-refractivity contribution in [3.05, 3.63) is 218 Å². The molecule has 9 aromatic carbocycles. The average molecular weight is 705 g/mol. The Bertz CT molecular complexity index is 2920. The first-order valence-electron chi connectivity index (χ1n) is 18.7. The first kappa shape index (κ1) is 32.3. The fourth-order valence-electron chi connectivity index (χ4n) is 7.91. The van der Waals surface area contributed by atoms with E-state index in [1.165, 1.54) is 10.9 Å². The van der Waals surface area contributed by atoms with E-state index in [0.717, 1.165) is 78.1 Å². The molecule has 260 valence electrons. The fourth-order valence-corrected chi connectivity index (χ4v) is 7.91. The van der Waals surface area contributed by atoms with Gasteiger partial charge in [-0.25, -0.2) is 0 Å². The summed E-state index contributed by atoms with van der Waals surface area (Å²) in [7, 11) is 0. The Morgan fingerprint density at radius 3 is 1.65 bits per heavy atom. The van der Waals surface area contributed by atoms with Crippen LogP contribution in [0.3, 0.4) is 0 Å².